The molecule has 1 unspecified atom stereocenters. The van der Waals surface area contributed by atoms with Crippen molar-refractivity contribution in [1.82, 2.24) is 5.32 Å². The van der Waals surface area contributed by atoms with Crippen molar-refractivity contribution in [3.63, 3.8) is 0 Å². The first kappa shape index (κ1) is 17.7. The van der Waals surface area contributed by atoms with Gasteiger partial charge in [-0.3, -0.25) is 4.79 Å². The van der Waals surface area contributed by atoms with E-state index in [-0.39, 0.29) is 18.4 Å². The highest BCUT2D eigenvalue weighted by Crippen LogP contribution is 2.25. The number of carbonyl (C=O) groups is 1. The minimum Gasteiger partial charge on any atom is -0.497 e. The molecule has 24 heavy (non-hydrogen) atoms. The third-order valence-electron chi connectivity index (χ3n) is 3.83. The third kappa shape index (κ3) is 4.41. The first-order valence-corrected chi connectivity index (χ1v) is 7.71. The van der Waals surface area contributed by atoms with Gasteiger partial charge in [0, 0.05) is 5.56 Å². The van der Waals surface area contributed by atoms with Gasteiger partial charge in [-0.05, 0) is 42.8 Å². The second-order valence-electron chi connectivity index (χ2n) is 5.42. The number of hydrogen-bond acceptors (Lipinski definition) is 4. The summed E-state index contributed by atoms with van der Waals surface area (Å²) in [4.78, 5) is 12.4. The summed E-state index contributed by atoms with van der Waals surface area (Å²) in [6.45, 7) is 1.95. The van der Waals surface area contributed by atoms with E-state index in [9.17, 15) is 4.79 Å². The fraction of sp³-hybridized carbons (Fsp3) is 0.316. The van der Waals surface area contributed by atoms with Crippen LogP contribution in [0.15, 0.2) is 42.5 Å². The maximum Gasteiger partial charge on any atom is 0.225 e. The second-order valence-corrected chi connectivity index (χ2v) is 5.42. The summed E-state index contributed by atoms with van der Waals surface area (Å²) < 4.78 is 15.7. The van der Waals surface area contributed by atoms with Gasteiger partial charge in [0.25, 0.3) is 0 Å². The van der Waals surface area contributed by atoms with E-state index in [0.717, 1.165) is 16.9 Å². The summed E-state index contributed by atoms with van der Waals surface area (Å²) >= 11 is 0. The lowest BCUT2D eigenvalue weighted by atomic mass is 10.1. The minimum atomic E-state index is -0.0972. The quantitative estimate of drug-likeness (QED) is 0.848. The molecule has 0 saturated carbocycles. The number of hydrogen-bond donors (Lipinski definition) is 1. The zero-order valence-electron chi connectivity index (χ0n) is 14.5. The summed E-state index contributed by atoms with van der Waals surface area (Å²) in [7, 11) is 4.81. The van der Waals surface area contributed by atoms with E-state index in [4.69, 9.17) is 14.2 Å². The summed E-state index contributed by atoms with van der Waals surface area (Å²) in [5.41, 5.74) is 1.80. The lowest BCUT2D eigenvalue weighted by Crippen LogP contribution is -2.28. The van der Waals surface area contributed by atoms with Gasteiger partial charge < -0.3 is 19.5 Å². The van der Waals surface area contributed by atoms with Gasteiger partial charge in [0.2, 0.25) is 5.91 Å². The van der Waals surface area contributed by atoms with E-state index in [1.165, 1.54) is 0 Å². The number of ether oxygens (including phenoxy) is 3. The molecule has 0 saturated heterocycles. The molecule has 1 amide bonds. The van der Waals surface area contributed by atoms with Gasteiger partial charge in [-0.1, -0.05) is 12.1 Å². The number of rotatable bonds is 7. The van der Waals surface area contributed by atoms with Crippen LogP contribution in [-0.4, -0.2) is 27.2 Å². The van der Waals surface area contributed by atoms with Crippen molar-refractivity contribution in [2.45, 2.75) is 19.4 Å². The maximum atomic E-state index is 12.4. The van der Waals surface area contributed by atoms with E-state index in [2.05, 4.69) is 5.32 Å². The minimum absolute atomic E-state index is 0.0788. The molecule has 0 heterocycles. The van der Waals surface area contributed by atoms with Crippen molar-refractivity contribution >= 4 is 5.91 Å². The van der Waals surface area contributed by atoms with Gasteiger partial charge in [-0.2, -0.15) is 0 Å². The fourth-order valence-electron chi connectivity index (χ4n) is 2.46. The molecule has 1 atom stereocenters. The van der Waals surface area contributed by atoms with Crippen LogP contribution < -0.4 is 19.5 Å². The zero-order valence-corrected chi connectivity index (χ0v) is 14.5. The Morgan fingerprint density at radius 1 is 0.958 bits per heavy atom. The van der Waals surface area contributed by atoms with Gasteiger partial charge in [-0.25, -0.2) is 0 Å². The van der Waals surface area contributed by atoms with E-state index >= 15 is 0 Å². The molecule has 0 aliphatic rings. The molecule has 1 N–H and O–H groups in total. The Balaban J connectivity index is 2.04. The Labute approximate surface area is 142 Å². The normalized spacial score (nSPS) is 11.5. The molecule has 5 nitrogen and oxygen atoms in total. The van der Waals surface area contributed by atoms with Crippen molar-refractivity contribution in [1.29, 1.82) is 0 Å². The topological polar surface area (TPSA) is 56.8 Å². The largest absolute Gasteiger partial charge is 0.497 e. The SMILES string of the molecule is COc1ccc(C(C)NC(=O)Cc2cc(OC)ccc2OC)cc1. The summed E-state index contributed by atoms with van der Waals surface area (Å²) in [5, 5.41) is 2.99. The van der Waals surface area contributed by atoms with E-state index < -0.39 is 0 Å². The molecule has 0 fully saturated rings. The molecule has 2 aromatic rings. The Morgan fingerprint density at radius 2 is 1.58 bits per heavy atom. The monoisotopic (exact) mass is 329 g/mol. The van der Waals surface area contributed by atoms with Gasteiger partial charge in [0.05, 0.1) is 33.8 Å². The van der Waals surface area contributed by atoms with Crippen LogP contribution in [0.2, 0.25) is 0 Å². The van der Waals surface area contributed by atoms with Crippen LogP contribution in [0.3, 0.4) is 0 Å². The van der Waals surface area contributed by atoms with Crippen molar-refractivity contribution < 1.29 is 19.0 Å². The Morgan fingerprint density at radius 3 is 2.17 bits per heavy atom. The van der Waals surface area contributed by atoms with Crippen LogP contribution in [0, 0.1) is 0 Å². The molecule has 0 aliphatic carbocycles. The van der Waals surface area contributed by atoms with Crippen LogP contribution in [0.5, 0.6) is 17.2 Å². The molecule has 0 spiro atoms. The van der Waals surface area contributed by atoms with Gasteiger partial charge in [0.15, 0.2) is 0 Å². The first-order valence-electron chi connectivity index (χ1n) is 7.71. The van der Waals surface area contributed by atoms with Gasteiger partial charge in [-0.15, -0.1) is 0 Å². The Bertz CT molecular complexity index is 682. The Hall–Kier alpha value is -2.69. The number of amides is 1. The van der Waals surface area contributed by atoms with Crippen LogP contribution in [-0.2, 0) is 11.2 Å². The highest BCUT2D eigenvalue weighted by molar-refractivity contribution is 5.80. The first-order chi connectivity index (χ1) is 11.6. The van der Waals surface area contributed by atoms with Crippen LogP contribution in [0.25, 0.3) is 0 Å². The van der Waals surface area contributed by atoms with Crippen LogP contribution in [0.4, 0.5) is 0 Å². The van der Waals surface area contributed by atoms with Gasteiger partial charge >= 0.3 is 0 Å². The number of benzene rings is 2. The van der Waals surface area contributed by atoms with E-state index in [0.29, 0.717) is 11.5 Å². The summed E-state index contributed by atoms with van der Waals surface area (Å²) in [5.74, 6) is 2.08. The molecule has 5 heteroatoms. The molecule has 0 aromatic heterocycles. The molecule has 0 aliphatic heterocycles. The number of methoxy groups -OCH3 is 3. The van der Waals surface area contributed by atoms with Crippen molar-refractivity contribution in [2.75, 3.05) is 21.3 Å². The molecule has 2 aromatic carbocycles. The average molecular weight is 329 g/mol. The molecule has 0 bridgehead atoms. The molecule has 0 radical (unpaired) electrons. The van der Waals surface area contributed by atoms with Crippen molar-refractivity contribution in [2.24, 2.45) is 0 Å². The fourth-order valence-corrected chi connectivity index (χ4v) is 2.46. The zero-order chi connectivity index (χ0) is 17.5. The summed E-state index contributed by atoms with van der Waals surface area (Å²) in [6.07, 6.45) is 0.223. The van der Waals surface area contributed by atoms with Crippen molar-refractivity contribution in [3.05, 3.63) is 53.6 Å². The molecule has 2 rings (SSSR count). The summed E-state index contributed by atoms with van der Waals surface area (Å²) in [6, 6.07) is 13.0. The van der Waals surface area contributed by atoms with Crippen LogP contribution >= 0.6 is 0 Å². The smallest absolute Gasteiger partial charge is 0.225 e. The van der Waals surface area contributed by atoms with Crippen LogP contribution in [0.1, 0.15) is 24.1 Å². The molecular formula is C19H23NO4. The third-order valence-corrected chi connectivity index (χ3v) is 3.83. The van der Waals surface area contributed by atoms with E-state index in [1.54, 1.807) is 33.5 Å². The average Bonchev–Trinajstić information content (AvgIpc) is 2.61. The molecule has 128 valence electrons. The highest BCUT2D eigenvalue weighted by atomic mass is 16.5. The predicted octanol–water partition coefficient (Wildman–Crippen LogP) is 3.13. The maximum absolute atomic E-state index is 12.4. The molecular weight excluding hydrogens is 306 g/mol. The number of carbonyl (C=O) groups excluding carboxylic acids is 1. The lowest BCUT2D eigenvalue weighted by Gasteiger charge is -2.16. The standard InChI is InChI=1S/C19H23NO4/c1-13(14-5-7-16(22-2)8-6-14)20-19(21)12-15-11-17(23-3)9-10-18(15)24-4/h5-11,13H,12H2,1-4H3,(H,20,21). The second kappa shape index (κ2) is 8.24. The van der Waals surface area contributed by atoms with Crippen molar-refractivity contribution in [3.8, 4) is 17.2 Å². The Kier molecular flexibility index (Phi) is 6.07. The highest BCUT2D eigenvalue weighted by Gasteiger charge is 2.13. The predicted molar refractivity (Wildman–Crippen MR) is 92.8 cm³/mol. The lowest BCUT2D eigenvalue weighted by molar-refractivity contribution is -0.121. The van der Waals surface area contributed by atoms with Gasteiger partial charge in [0.1, 0.15) is 17.2 Å². The number of nitrogens with one attached hydrogen (secondary N) is 1. The van der Waals surface area contributed by atoms with E-state index in [1.807, 2.05) is 37.3 Å².